The van der Waals surface area contributed by atoms with Crippen LogP contribution in [0.15, 0.2) is 18.2 Å². The van der Waals surface area contributed by atoms with Gasteiger partial charge in [-0.05, 0) is 62.9 Å². The molecule has 1 fully saturated rings. The maximum Gasteiger partial charge on any atom is 0.251 e. The summed E-state index contributed by atoms with van der Waals surface area (Å²) < 4.78 is 0. The van der Waals surface area contributed by atoms with Gasteiger partial charge in [-0.25, -0.2) is 0 Å². The average molecular weight is 331 g/mol. The highest BCUT2D eigenvalue weighted by Gasteiger charge is 2.23. The molecule has 2 unspecified atom stereocenters. The van der Waals surface area contributed by atoms with Gasteiger partial charge in [-0.15, -0.1) is 0 Å². The Morgan fingerprint density at radius 2 is 2.08 bits per heavy atom. The number of piperidine rings is 1. The van der Waals surface area contributed by atoms with Crippen molar-refractivity contribution >= 4 is 17.5 Å². The number of hydrogen-bond acceptors (Lipinski definition) is 3. The van der Waals surface area contributed by atoms with Crippen molar-refractivity contribution in [3.05, 3.63) is 29.3 Å². The van der Waals surface area contributed by atoms with E-state index in [1.807, 2.05) is 32.9 Å². The molecule has 1 aromatic rings. The molecule has 1 aliphatic heterocycles. The number of hydrogen-bond donors (Lipinski definition) is 3. The first-order chi connectivity index (χ1) is 11.4. The molecule has 1 heterocycles. The minimum Gasteiger partial charge on any atom is -0.348 e. The number of carbonyl (C=O) groups excluding carboxylic acids is 2. The average Bonchev–Trinajstić information content (AvgIpc) is 2.50. The van der Waals surface area contributed by atoms with Crippen LogP contribution in [-0.4, -0.2) is 30.4 Å². The van der Waals surface area contributed by atoms with Crippen molar-refractivity contribution in [3.63, 3.8) is 0 Å². The predicted molar refractivity (Wildman–Crippen MR) is 97.2 cm³/mol. The van der Waals surface area contributed by atoms with E-state index in [0.717, 1.165) is 30.6 Å². The third kappa shape index (κ3) is 5.06. The fourth-order valence-electron chi connectivity index (χ4n) is 3.01. The van der Waals surface area contributed by atoms with Crippen LogP contribution in [0.25, 0.3) is 0 Å². The van der Waals surface area contributed by atoms with E-state index < -0.39 is 0 Å². The number of anilines is 1. The summed E-state index contributed by atoms with van der Waals surface area (Å²) >= 11 is 0. The van der Waals surface area contributed by atoms with Crippen molar-refractivity contribution in [2.45, 2.75) is 59.0 Å². The van der Waals surface area contributed by atoms with E-state index in [1.54, 1.807) is 6.07 Å². The minimum atomic E-state index is -0.0568. The molecule has 1 saturated heterocycles. The topological polar surface area (TPSA) is 70.2 Å². The van der Waals surface area contributed by atoms with Gasteiger partial charge < -0.3 is 16.0 Å². The van der Waals surface area contributed by atoms with Gasteiger partial charge >= 0.3 is 0 Å². The lowest BCUT2D eigenvalue weighted by molar-refractivity contribution is -0.116. The predicted octanol–water partition coefficient (Wildman–Crippen LogP) is 2.85. The first-order valence-electron chi connectivity index (χ1n) is 8.81. The summed E-state index contributed by atoms with van der Waals surface area (Å²) in [5.74, 6) is 0.271. The number of aryl methyl sites for hydroxylation is 1. The molecule has 0 bridgehead atoms. The van der Waals surface area contributed by atoms with Gasteiger partial charge in [0.05, 0.1) is 0 Å². The zero-order valence-corrected chi connectivity index (χ0v) is 15.1. The zero-order chi connectivity index (χ0) is 17.7. The van der Waals surface area contributed by atoms with E-state index in [9.17, 15) is 9.59 Å². The van der Waals surface area contributed by atoms with Crippen LogP contribution in [0.5, 0.6) is 0 Å². The lowest BCUT2D eigenvalue weighted by Crippen LogP contribution is -2.51. The molecule has 3 N–H and O–H groups in total. The third-order valence-corrected chi connectivity index (χ3v) is 4.43. The molecule has 2 atom stereocenters. The van der Waals surface area contributed by atoms with Crippen LogP contribution >= 0.6 is 0 Å². The van der Waals surface area contributed by atoms with Gasteiger partial charge in [0.25, 0.3) is 5.91 Å². The Morgan fingerprint density at radius 1 is 1.33 bits per heavy atom. The van der Waals surface area contributed by atoms with Gasteiger partial charge in [0.15, 0.2) is 0 Å². The molecule has 2 amide bonds. The molecular weight excluding hydrogens is 302 g/mol. The van der Waals surface area contributed by atoms with Crippen LogP contribution < -0.4 is 16.0 Å². The Hall–Kier alpha value is -1.88. The number of amides is 2. The highest BCUT2D eigenvalue weighted by molar-refractivity contribution is 5.96. The Balaban J connectivity index is 2.00. The minimum absolute atomic E-state index is 0.00686. The Bertz CT molecular complexity index is 598. The molecule has 1 aromatic carbocycles. The molecule has 0 radical (unpaired) electrons. The normalized spacial score (nSPS) is 20.7. The van der Waals surface area contributed by atoms with Crippen LogP contribution in [0.1, 0.15) is 56.0 Å². The number of benzene rings is 1. The van der Waals surface area contributed by atoms with Gasteiger partial charge in [0, 0.05) is 29.8 Å². The molecule has 0 saturated carbocycles. The highest BCUT2D eigenvalue weighted by atomic mass is 16.2. The van der Waals surface area contributed by atoms with E-state index >= 15 is 0 Å². The summed E-state index contributed by atoms with van der Waals surface area (Å²) in [7, 11) is 0. The van der Waals surface area contributed by atoms with Gasteiger partial charge in [-0.2, -0.15) is 0 Å². The Morgan fingerprint density at radius 3 is 2.71 bits per heavy atom. The Kier molecular flexibility index (Phi) is 6.37. The molecule has 132 valence electrons. The van der Waals surface area contributed by atoms with Crippen molar-refractivity contribution in [3.8, 4) is 0 Å². The van der Waals surface area contributed by atoms with Crippen molar-refractivity contribution < 1.29 is 9.59 Å². The largest absolute Gasteiger partial charge is 0.348 e. The van der Waals surface area contributed by atoms with E-state index in [1.165, 1.54) is 0 Å². The molecule has 2 rings (SSSR count). The number of carbonyl (C=O) groups is 2. The van der Waals surface area contributed by atoms with E-state index in [0.29, 0.717) is 23.9 Å². The fraction of sp³-hybridized carbons (Fsp3) is 0.579. The second-order valence-corrected chi connectivity index (χ2v) is 7.14. The smallest absolute Gasteiger partial charge is 0.251 e. The summed E-state index contributed by atoms with van der Waals surface area (Å²) in [5.41, 5.74) is 2.30. The molecule has 24 heavy (non-hydrogen) atoms. The number of nitrogens with one attached hydrogen (secondary N) is 3. The highest BCUT2D eigenvalue weighted by Crippen LogP contribution is 2.18. The van der Waals surface area contributed by atoms with Crippen LogP contribution in [0.2, 0.25) is 0 Å². The quantitative estimate of drug-likeness (QED) is 0.777. The standard InChI is InChI=1S/C19H29N3O2/c1-12(2)10-18(23)21-16-8-7-15(11-13(16)3)19(24)22-17-6-5-9-20-14(17)4/h7-8,11-12,14,17,20H,5-6,9-10H2,1-4H3,(H,21,23)(H,22,24). The van der Waals surface area contributed by atoms with Gasteiger partial charge in [-0.3, -0.25) is 9.59 Å². The van der Waals surface area contributed by atoms with Crippen molar-refractivity contribution in [2.24, 2.45) is 5.92 Å². The van der Waals surface area contributed by atoms with Crippen molar-refractivity contribution in [1.29, 1.82) is 0 Å². The maximum absolute atomic E-state index is 12.5. The fourth-order valence-corrected chi connectivity index (χ4v) is 3.01. The molecule has 5 heteroatoms. The van der Waals surface area contributed by atoms with E-state index in [2.05, 4.69) is 22.9 Å². The second kappa shape index (κ2) is 8.29. The summed E-state index contributed by atoms with van der Waals surface area (Å²) in [6.07, 6.45) is 2.58. The maximum atomic E-state index is 12.5. The van der Waals surface area contributed by atoms with Gasteiger partial charge in [0.2, 0.25) is 5.91 Å². The van der Waals surface area contributed by atoms with E-state index in [4.69, 9.17) is 0 Å². The van der Waals surface area contributed by atoms with E-state index in [-0.39, 0.29) is 17.9 Å². The van der Waals surface area contributed by atoms with Gasteiger partial charge in [-0.1, -0.05) is 13.8 Å². The summed E-state index contributed by atoms with van der Waals surface area (Å²) in [6, 6.07) is 5.87. The summed E-state index contributed by atoms with van der Waals surface area (Å²) in [5, 5.41) is 9.41. The van der Waals surface area contributed by atoms with Crippen LogP contribution in [0, 0.1) is 12.8 Å². The van der Waals surface area contributed by atoms with Crippen molar-refractivity contribution in [1.82, 2.24) is 10.6 Å². The molecule has 0 aliphatic carbocycles. The first-order valence-corrected chi connectivity index (χ1v) is 8.81. The lowest BCUT2D eigenvalue weighted by atomic mass is 9.99. The molecule has 0 spiro atoms. The van der Waals surface area contributed by atoms with Crippen LogP contribution in [0.4, 0.5) is 5.69 Å². The van der Waals surface area contributed by atoms with Crippen molar-refractivity contribution in [2.75, 3.05) is 11.9 Å². The third-order valence-electron chi connectivity index (χ3n) is 4.43. The molecule has 0 aromatic heterocycles. The lowest BCUT2D eigenvalue weighted by Gasteiger charge is -2.30. The van der Waals surface area contributed by atoms with Crippen LogP contribution in [-0.2, 0) is 4.79 Å². The monoisotopic (exact) mass is 331 g/mol. The summed E-state index contributed by atoms with van der Waals surface area (Å²) in [4.78, 5) is 24.4. The first kappa shape index (κ1) is 18.5. The molecular formula is C19H29N3O2. The SMILES string of the molecule is Cc1cc(C(=O)NC2CCCNC2C)ccc1NC(=O)CC(C)C. The summed E-state index contributed by atoms with van der Waals surface area (Å²) in [6.45, 7) is 9.05. The van der Waals surface area contributed by atoms with Gasteiger partial charge in [0.1, 0.15) is 0 Å². The number of rotatable bonds is 5. The Labute approximate surface area is 144 Å². The molecule has 1 aliphatic rings. The van der Waals surface area contributed by atoms with Crippen LogP contribution in [0.3, 0.4) is 0 Å². The second-order valence-electron chi connectivity index (χ2n) is 7.14. The zero-order valence-electron chi connectivity index (χ0n) is 15.1. The molecule has 5 nitrogen and oxygen atoms in total.